The minimum absolute atomic E-state index is 0.599. The van der Waals surface area contributed by atoms with Crippen LogP contribution in [0, 0.1) is 0 Å². The first-order chi connectivity index (χ1) is 13.8. The van der Waals surface area contributed by atoms with Gasteiger partial charge in [-0.1, -0.05) is 30.3 Å². The highest BCUT2D eigenvalue weighted by Crippen LogP contribution is 2.30. The van der Waals surface area contributed by atoms with Crippen molar-refractivity contribution in [3.8, 4) is 11.5 Å². The van der Waals surface area contributed by atoms with Crippen molar-refractivity contribution in [1.82, 2.24) is 15.2 Å². The molecule has 0 saturated heterocycles. The highest BCUT2D eigenvalue weighted by Gasteiger charge is 2.09. The summed E-state index contributed by atoms with van der Waals surface area (Å²) in [5.74, 6) is 2.23. The number of para-hydroxylation sites is 2. The number of aryl methyl sites for hydroxylation is 1. The summed E-state index contributed by atoms with van der Waals surface area (Å²) in [7, 11) is 5.07. The number of nitrogens with one attached hydrogen (secondary N) is 2. The molecule has 0 spiro atoms. The Labute approximate surface area is 166 Å². The molecule has 0 radical (unpaired) electrons. The molecule has 0 bridgehead atoms. The second kappa shape index (κ2) is 9.69. The van der Waals surface area contributed by atoms with E-state index in [9.17, 15) is 0 Å². The molecule has 0 atom stereocenters. The average molecular weight is 380 g/mol. The lowest BCUT2D eigenvalue weighted by Gasteiger charge is -2.15. The van der Waals surface area contributed by atoms with Gasteiger partial charge in [0.05, 0.1) is 14.2 Å². The van der Waals surface area contributed by atoms with Crippen LogP contribution in [0.15, 0.2) is 59.7 Å². The van der Waals surface area contributed by atoms with Crippen molar-refractivity contribution in [1.29, 1.82) is 0 Å². The van der Waals surface area contributed by atoms with Crippen molar-refractivity contribution < 1.29 is 9.47 Å². The normalized spacial score (nSPS) is 11.5. The SMILES string of the molecule is CN=C(NCCCn1ccc2ccccc21)NCc1cccc(OC)c1OC. The second-order valence-electron chi connectivity index (χ2n) is 6.43. The number of aromatic nitrogens is 1. The van der Waals surface area contributed by atoms with Gasteiger partial charge in [-0.25, -0.2) is 0 Å². The molecule has 3 aromatic rings. The van der Waals surface area contributed by atoms with Crippen LogP contribution in [0.1, 0.15) is 12.0 Å². The zero-order valence-corrected chi connectivity index (χ0v) is 16.7. The Balaban J connectivity index is 1.49. The van der Waals surface area contributed by atoms with Gasteiger partial charge in [-0.15, -0.1) is 0 Å². The van der Waals surface area contributed by atoms with Gasteiger partial charge in [0, 0.05) is 44.0 Å². The molecule has 1 aromatic heterocycles. The topological polar surface area (TPSA) is 59.8 Å². The van der Waals surface area contributed by atoms with Crippen LogP contribution in [-0.4, -0.2) is 38.3 Å². The molecular weight excluding hydrogens is 352 g/mol. The zero-order valence-electron chi connectivity index (χ0n) is 16.7. The Morgan fingerprint density at radius 3 is 2.64 bits per heavy atom. The molecule has 3 rings (SSSR count). The maximum atomic E-state index is 5.48. The van der Waals surface area contributed by atoms with Crippen LogP contribution in [0.5, 0.6) is 11.5 Å². The van der Waals surface area contributed by atoms with E-state index in [4.69, 9.17) is 9.47 Å². The lowest BCUT2D eigenvalue weighted by atomic mass is 10.2. The van der Waals surface area contributed by atoms with E-state index in [2.05, 4.69) is 56.7 Å². The Morgan fingerprint density at radius 1 is 1.00 bits per heavy atom. The first kappa shape index (κ1) is 19.6. The van der Waals surface area contributed by atoms with Crippen molar-refractivity contribution in [2.75, 3.05) is 27.8 Å². The molecule has 0 saturated carbocycles. The molecule has 2 N–H and O–H groups in total. The van der Waals surface area contributed by atoms with Crippen molar-refractivity contribution in [3.63, 3.8) is 0 Å². The van der Waals surface area contributed by atoms with E-state index in [1.54, 1.807) is 21.3 Å². The third-order valence-corrected chi connectivity index (χ3v) is 4.70. The summed E-state index contributed by atoms with van der Waals surface area (Å²) in [5.41, 5.74) is 2.29. The minimum Gasteiger partial charge on any atom is -0.493 e. The van der Waals surface area contributed by atoms with E-state index in [1.165, 1.54) is 10.9 Å². The quantitative estimate of drug-likeness (QED) is 0.357. The predicted octanol–water partition coefficient (Wildman–Crippen LogP) is 3.41. The van der Waals surface area contributed by atoms with E-state index in [0.717, 1.165) is 42.5 Å². The molecule has 0 fully saturated rings. The lowest BCUT2D eigenvalue weighted by molar-refractivity contribution is 0.351. The Hall–Kier alpha value is -3.15. The molecule has 0 aliphatic heterocycles. The Kier molecular flexibility index (Phi) is 6.78. The second-order valence-corrected chi connectivity index (χ2v) is 6.43. The molecule has 148 valence electrons. The molecule has 0 aliphatic carbocycles. The summed E-state index contributed by atoms with van der Waals surface area (Å²) in [5, 5.41) is 7.98. The summed E-state index contributed by atoms with van der Waals surface area (Å²) in [6, 6.07) is 16.5. The minimum atomic E-state index is 0.599. The molecule has 2 aromatic carbocycles. The smallest absolute Gasteiger partial charge is 0.191 e. The number of hydrogen-bond donors (Lipinski definition) is 2. The van der Waals surface area contributed by atoms with Crippen LogP contribution >= 0.6 is 0 Å². The number of nitrogens with zero attached hydrogens (tertiary/aromatic N) is 2. The van der Waals surface area contributed by atoms with Gasteiger partial charge in [-0.05, 0) is 30.0 Å². The monoisotopic (exact) mass is 380 g/mol. The van der Waals surface area contributed by atoms with E-state index in [1.807, 2.05) is 18.2 Å². The van der Waals surface area contributed by atoms with Crippen LogP contribution in [0.4, 0.5) is 0 Å². The third-order valence-electron chi connectivity index (χ3n) is 4.70. The number of ether oxygens (including phenoxy) is 2. The highest BCUT2D eigenvalue weighted by molar-refractivity contribution is 5.80. The number of hydrogen-bond acceptors (Lipinski definition) is 3. The highest BCUT2D eigenvalue weighted by atomic mass is 16.5. The summed E-state index contributed by atoms with van der Waals surface area (Å²) in [6.45, 7) is 2.39. The summed E-state index contributed by atoms with van der Waals surface area (Å²) < 4.78 is 13.1. The Bertz CT molecular complexity index is 933. The van der Waals surface area contributed by atoms with Crippen molar-refractivity contribution >= 4 is 16.9 Å². The van der Waals surface area contributed by atoms with Crippen molar-refractivity contribution in [2.24, 2.45) is 4.99 Å². The zero-order chi connectivity index (χ0) is 19.8. The number of aliphatic imine (C=N–C) groups is 1. The largest absolute Gasteiger partial charge is 0.493 e. The number of rotatable bonds is 8. The van der Waals surface area contributed by atoms with Gasteiger partial charge in [0.15, 0.2) is 17.5 Å². The molecule has 0 aliphatic rings. The van der Waals surface area contributed by atoms with E-state index >= 15 is 0 Å². The van der Waals surface area contributed by atoms with Gasteiger partial charge in [0.25, 0.3) is 0 Å². The van der Waals surface area contributed by atoms with Crippen molar-refractivity contribution in [2.45, 2.75) is 19.5 Å². The van der Waals surface area contributed by atoms with E-state index in [0.29, 0.717) is 6.54 Å². The van der Waals surface area contributed by atoms with Crippen molar-refractivity contribution in [3.05, 3.63) is 60.3 Å². The predicted molar refractivity (Wildman–Crippen MR) is 114 cm³/mol. The maximum absolute atomic E-state index is 5.48. The van der Waals surface area contributed by atoms with Crippen LogP contribution in [0.3, 0.4) is 0 Å². The molecular formula is C22H28N4O2. The molecule has 6 heteroatoms. The Morgan fingerprint density at radius 2 is 1.86 bits per heavy atom. The third kappa shape index (κ3) is 4.57. The summed E-state index contributed by atoms with van der Waals surface area (Å²) >= 11 is 0. The van der Waals surface area contributed by atoms with E-state index < -0.39 is 0 Å². The van der Waals surface area contributed by atoms with E-state index in [-0.39, 0.29) is 0 Å². The molecule has 28 heavy (non-hydrogen) atoms. The fraction of sp³-hybridized carbons (Fsp3) is 0.318. The molecule has 0 unspecified atom stereocenters. The van der Waals surface area contributed by atoms with Gasteiger partial charge >= 0.3 is 0 Å². The average Bonchev–Trinajstić information content (AvgIpc) is 3.16. The number of benzene rings is 2. The molecule has 6 nitrogen and oxygen atoms in total. The van der Waals surface area contributed by atoms with Crippen LogP contribution < -0.4 is 20.1 Å². The molecule has 1 heterocycles. The van der Waals surface area contributed by atoms with Crippen LogP contribution in [-0.2, 0) is 13.1 Å². The van der Waals surface area contributed by atoms with Gasteiger partial charge in [-0.2, -0.15) is 0 Å². The van der Waals surface area contributed by atoms with Crippen LogP contribution in [0.25, 0.3) is 10.9 Å². The van der Waals surface area contributed by atoms with Gasteiger partial charge in [-0.3, -0.25) is 4.99 Å². The van der Waals surface area contributed by atoms with Gasteiger partial charge < -0.3 is 24.7 Å². The van der Waals surface area contributed by atoms with Gasteiger partial charge in [0.1, 0.15) is 0 Å². The summed E-state index contributed by atoms with van der Waals surface area (Å²) in [4.78, 5) is 4.30. The maximum Gasteiger partial charge on any atom is 0.191 e. The first-order valence-electron chi connectivity index (χ1n) is 9.45. The molecule has 0 amide bonds. The summed E-state index contributed by atoms with van der Waals surface area (Å²) in [6.07, 6.45) is 3.15. The van der Waals surface area contributed by atoms with Crippen LogP contribution in [0.2, 0.25) is 0 Å². The van der Waals surface area contributed by atoms with Gasteiger partial charge in [0.2, 0.25) is 0 Å². The fourth-order valence-corrected chi connectivity index (χ4v) is 3.28. The number of methoxy groups -OCH3 is 2. The fourth-order valence-electron chi connectivity index (χ4n) is 3.28. The standard InChI is InChI=1S/C22H28N4O2/c1-23-22(25-16-18-9-6-11-20(27-2)21(18)28-3)24-13-7-14-26-15-12-17-8-4-5-10-19(17)26/h4-6,8-12,15H,7,13-14,16H2,1-3H3,(H2,23,24,25). The number of guanidine groups is 1. The number of fused-ring (bicyclic) bond motifs is 1. The lowest BCUT2D eigenvalue weighted by Crippen LogP contribution is -2.37. The first-order valence-corrected chi connectivity index (χ1v) is 9.45.